The summed E-state index contributed by atoms with van der Waals surface area (Å²) in [6.07, 6.45) is 0.0542. The molecule has 0 radical (unpaired) electrons. The molecule has 212 valence electrons. The first-order valence-corrected chi connectivity index (χ1v) is 20.8. The molecule has 0 aliphatic carbocycles. The fourth-order valence-electron chi connectivity index (χ4n) is 2.80. The van der Waals surface area contributed by atoms with Crippen LogP contribution in [0.3, 0.4) is 0 Å². The van der Waals surface area contributed by atoms with E-state index in [1.54, 1.807) is 12.1 Å². The van der Waals surface area contributed by atoms with Crippen LogP contribution in [-0.4, -0.2) is 26.4 Å². The van der Waals surface area contributed by atoms with Gasteiger partial charge in [-0.05, 0) is 71.7 Å². The largest absolute Gasteiger partial charge is 1.00 e. The van der Waals surface area contributed by atoms with Crippen molar-refractivity contribution in [1.29, 1.82) is 0 Å². The minimum Gasteiger partial charge on any atom is -1.00 e. The zero-order valence-electron chi connectivity index (χ0n) is 24.9. The number of alkyl halides is 2. The van der Waals surface area contributed by atoms with Gasteiger partial charge in [-0.3, -0.25) is 0 Å². The molecule has 10 heteroatoms. The van der Waals surface area contributed by atoms with Crippen LogP contribution in [0.2, 0.25) is 36.3 Å². The van der Waals surface area contributed by atoms with Crippen LogP contribution in [0.25, 0.3) is 0 Å². The van der Waals surface area contributed by atoms with E-state index >= 15 is 0 Å². The van der Waals surface area contributed by atoms with Gasteiger partial charge in [-0.2, -0.15) is 0 Å². The third-order valence-electron chi connectivity index (χ3n) is 7.25. The van der Waals surface area contributed by atoms with Crippen LogP contribution in [0.4, 0.5) is 8.78 Å². The van der Waals surface area contributed by atoms with Gasteiger partial charge in [0.25, 0.3) is 0 Å². The van der Waals surface area contributed by atoms with E-state index in [9.17, 15) is 8.78 Å². The standard InChI is InChI=1S/C14H22BrFOSi.C14H22FIOSi.HI.Na/c1-14(2,3)18(4,5)17-13(10-15)11-6-8-12(16)9-7-11;1-14(2,3)18(4,5)17-13(10-16)11-6-8-12(15)9-7-11;;/h2*6-9,13H,10H2,1-5H3;1H;/q;;;+1/p-1/t2*13-;;/m00../s1. The van der Waals surface area contributed by atoms with Gasteiger partial charge in [0.05, 0.1) is 12.2 Å². The van der Waals surface area contributed by atoms with Crippen LogP contribution in [0, 0.1) is 11.6 Å². The number of halogens is 5. The molecule has 0 N–H and O–H groups in total. The van der Waals surface area contributed by atoms with Gasteiger partial charge in [0.1, 0.15) is 11.6 Å². The smallest absolute Gasteiger partial charge is 1.00 e. The molecule has 2 nitrogen and oxygen atoms in total. The van der Waals surface area contributed by atoms with Gasteiger partial charge in [-0.25, -0.2) is 8.78 Å². The molecule has 38 heavy (non-hydrogen) atoms. The quantitative estimate of drug-likeness (QED) is 0.220. The van der Waals surface area contributed by atoms with E-state index in [-0.39, 0.29) is 87.5 Å². The molecule has 0 bridgehead atoms. The first-order valence-electron chi connectivity index (χ1n) is 12.3. The van der Waals surface area contributed by atoms with E-state index in [0.29, 0.717) is 0 Å². The maximum atomic E-state index is 12.9. The van der Waals surface area contributed by atoms with E-state index in [4.69, 9.17) is 8.85 Å². The molecule has 0 aliphatic heterocycles. The van der Waals surface area contributed by atoms with Crippen molar-refractivity contribution in [3.63, 3.8) is 0 Å². The van der Waals surface area contributed by atoms with Crippen LogP contribution in [0.1, 0.15) is 64.9 Å². The molecule has 0 heterocycles. The molecule has 0 saturated heterocycles. The van der Waals surface area contributed by atoms with Gasteiger partial charge >= 0.3 is 29.6 Å². The molecule has 0 fully saturated rings. The second kappa shape index (κ2) is 17.6. The third-order valence-corrected chi connectivity index (χ3v) is 17.6. The second-order valence-corrected chi connectivity index (χ2v) is 23.2. The van der Waals surface area contributed by atoms with E-state index in [1.807, 2.05) is 12.1 Å². The van der Waals surface area contributed by atoms with Crippen molar-refractivity contribution in [2.24, 2.45) is 0 Å². The molecular formula is C28H44BrF2I2NaO2Si2. The fourth-order valence-corrected chi connectivity index (χ4v) is 7.14. The van der Waals surface area contributed by atoms with Gasteiger partial charge in [-0.1, -0.05) is 104 Å². The molecule has 2 aromatic carbocycles. The summed E-state index contributed by atoms with van der Waals surface area (Å²) in [5, 5.41) is 1.09. The van der Waals surface area contributed by atoms with Crippen LogP contribution >= 0.6 is 38.5 Å². The summed E-state index contributed by atoms with van der Waals surface area (Å²) in [4.78, 5) is 0. The first kappa shape index (κ1) is 41.7. The minimum atomic E-state index is -1.81. The number of hydrogen-bond donors (Lipinski definition) is 0. The molecule has 0 unspecified atom stereocenters. The monoisotopic (exact) mass is 862 g/mol. The minimum absolute atomic E-state index is 0. The van der Waals surface area contributed by atoms with Crippen molar-refractivity contribution in [3.8, 4) is 0 Å². The Morgan fingerprint density at radius 2 is 1.00 bits per heavy atom. The molecular weight excluding hydrogens is 819 g/mol. The van der Waals surface area contributed by atoms with E-state index < -0.39 is 16.6 Å². The summed E-state index contributed by atoms with van der Waals surface area (Å²) in [6, 6.07) is 13.2. The zero-order valence-corrected chi connectivity index (χ0v) is 34.8. The van der Waals surface area contributed by atoms with Crippen LogP contribution in [0.15, 0.2) is 48.5 Å². The average molecular weight is 864 g/mol. The van der Waals surface area contributed by atoms with Crippen molar-refractivity contribution >= 4 is 55.2 Å². The van der Waals surface area contributed by atoms with E-state index in [1.165, 1.54) is 24.3 Å². The summed E-state index contributed by atoms with van der Waals surface area (Å²) < 4.78 is 39.5. The molecule has 2 atom stereocenters. The Morgan fingerprint density at radius 1 is 0.711 bits per heavy atom. The van der Waals surface area contributed by atoms with Crippen molar-refractivity contribution < 1.29 is 71.2 Å². The van der Waals surface area contributed by atoms with Crippen molar-refractivity contribution in [3.05, 3.63) is 71.3 Å². The van der Waals surface area contributed by atoms with Crippen LogP contribution in [0.5, 0.6) is 0 Å². The maximum Gasteiger partial charge on any atom is 1.00 e. The second-order valence-electron chi connectivity index (χ2n) is 12.1. The number of hydrogen-bond acceptors (Lipinski definition) is 2. The number of benzene rings is 2. The molecule has 0 saturated carbocycles. The van der Waals surface area contributed by atoms with E-state index in [0.717, 1.165) is 20.9 Å². The Morgan fingerprint density at radius 3 is 1.26 bits per heavy atom. The molecule has 2 aromatic rings. The summed E-state index contributed by atoms with van der Waals surface area (Å²) in [7, 11) is -3.59. The van der Waals surface area contributed by atoms with Crippen molar-refractivity contribution in [2.45, 2.75) is 90.0 Å². The van der Waals surface area contributed by atoms with Gasteiger partial charge in [0.2, 0.25) is 0 Å². The predicted octanol–water partition coefficient (Wildman–Crippen LogP) is 4.62. The van der Waals surface area contributed by atoms with Crippen LogP contribution in [-0.2, 0) is 8.85 Å². The Kier molecular flexibility index (Phi) is 19.4. The Bertz CT molecular complexity index is 858. The topological polar surface area (TPSA) is 18.5 Å². The Labute approximate surface area is 294 Å². The molecule has 2 rings (SSSR count). The SMILES string of the molecule is CC(C)(C)[Si](C)(C)O[C@@H](CBr)c1ccc(F)cc1.CC(C)(C)[Si](C)(C)O[C@@H](CI)c1ccc(F)cc1.[I-].[Na+]. The molecule has 0 spiro atoms. The average Bonchev–Trinajstić information content (AvgIpc) is 2.76. The third kappa shape index (κ3) is 13.3. The van der Waals surface area contributed by atoms with Gasteiger partial charge in [-0.15, -0.1) is 0 Å². The summed E-state index contributed by atoms with van der Waals surface area (Å²) in [5.41, 5.74) is 2.09. The molecule has 0 amide bonds. The maximum absolute atomic E-state index is 12.9. The first-order chi connectivity index (χ1) is 16.3. The van der Waals surface area contributed by atoms with E-state index in [2.05, 4.69) is 106 Å². The summed E-state index contributed by atoms with van der Waals surface area (Å²) >= 11 is 5.83. The molecule has 0 aromatic heterocycles. The molecule has 0 aliphatic rings. The normalized spacial score (nSPS) is 13.8. The van der Waals surface area contributed by atoms with Crippen LogP contribution < -0.4 is 53.5 Å². The summed E-state index contributed by atoms with van der Waals surface area (Å²) in [5.74, 6) is -0.405. The Hall–Kier alpha value is 1.59. The predicted molar refractivity (Wildman–Crippen MR) is 168 cm³/mol. The zero-order chi connectivity index (χ0) is 27.9. The van der Waals surface area contributed by atoms with Gasteiger partial charge < -0.3 is 32.8 Å². The Balaban J connectivity index is 0. The summed E-state index contributed by atoms with van der Waals surface area (Å²) in [6.45, 7) is 22.3. The van der Waals surface area contributed by atoms with Crippen molar-refractivity contribution in [1.82, 2.24) is 0 Å². The number of rotatable bonds is 8. The fraction of sp³-hybridized carbons (Fsp3) is 0.571. The van der Waals surface area contributed by atoms with Crippen molar-refractivity contribution in [2.75, 3.05) is 9.76 Å². The van der Waals surface area contributed by atoms with Gasteiger partial charge in [0, 0.05) is 9.76 Å². The van der Waals surface area contributed by atoms with Gasteiger partial charge in [0.15, 0.2) is 16.6 Å².